The van der Waals surface area contributed by atoms with E-state index >= 15 is 0 Å². The van der Waals surface area contributed by atoms with Gasteiger partial charge in [0.25, 0.3) is 0 Å². The lowest BCUT2D eigenvalue weighted by atomic mass is 9.90. The van der Waals surface area contributed by atoms with Crippen molar-refractivity contribution in [3.05, 3.63) is 34.9 Å². The van der Waals surface area contributed by atoms with Crippen molar-refractivity contribution in [1.82, 2.24) is 5.32 Å². The van der Waals surface area contributed by atoms with E-state index in [2.05, 4.69) is 37.4 Å². The van der Waals surface area contributed by atoms with Gasteiger partial charge in [0.1, 0.15) is 0 Å². The summed E-state index contributed by atoms with van der Waals surface area (Å²) in [7, 11) is 1.76. The molecule has 1 N–H and O–H groups in total. The maximum atomic E-state index is 5.07. The van der Waals surface area contributed by atoms with Crippen LogP contribution in [0.4, 0.5) is 0 Å². The first-order chi connectivity index (χ1) is 8.67. The molecule has 0 unspecified atom stereocenters. The molecule has 0 spiro atoms. The van der Waals surface area contributed by atoms with Crippen LogP contribution in [-0.2, 0) is 11.2 Å². The Morgan fingerprint density at radius 3 is 2.44 bits per heavy atom. The molecule has 1 aliphatic carbocycles. The minimum atomic E-state index is 0.518. The van der Waals surface area contributed by atoms with Crippen LogP contribution in [0.15, 0.2) is 18.2 Å². The summed E-state index contributed by atoms with van der Waals surface area (Å²) in [6.07, 6.45) is 3.95. The van der Waals surface area contributed by atoms with E-state index in [1.165, 1.54) is 30.4 Å². The van der Waals surface area contributed by atoms with E-state index in [9.17, 15) is 0 Å². The van der Waals surface area contributed by atoms with Crippen LogP contribution in [0.2, 0.25) is 0 Å². The topological polar surface area (TPSA) is 21.3 Å². The van der Waals surface area contributed by atoms with Gasteiger partial charge in [0.15, 0.2) is 0 Å². The molecule has 1 aromatic carbocycles. The molecule has 0 atom stereocenters. The molecule has 2 nitrogen and oxygen atoms in total. The standard InChI is InChI=1S/C16H25NO/c1-13-5-4-6-14(2)15(13)11-16(7-8-16)12-17-9-10-18-3/h4-6,17H,7-12H2,1-3H3. The molecule has 0 radical (unpaired) electrons. The third kappa shape index (κ3) is 3.33. The second kappa shape index (κ2) is 5.85. The van der Waals surface area contributed by atoms with Crippen LogP contribution in [0.3, 0.4) is 0 Å². The van der Waals surface area contributed by atoms with Crippen LogP contribution in [0.25, 0.3) is 0 Å². The van der Waals surface area contributed by atoms with Crippen LogP contribution in [0.5, 0.6) is 0 Å². The summed E-state index contributed by atoms with van der Waals surface area (Å²) in [5, 5.41) is 3.52. The van der Waals surface area contributed by atoms with Crippen LogP contribution >= 0.6 is 0 Å². The number of aryl methyl sites for hydroxylation is 2. The zero-order valence-electron chi connectivity index (χ0n) is 11.9. The number of ether oxygens (including phenoxy) is 1. The summed E-state index contributed by atoms with van der Waals surface area (Å²) < 4.78 is 5.07. The lowest BCUT2D eigenvalue weighted by Gasteiger charge is -2.19. The average Bonchev–Trinajstić information content (AvgIpc) is 3.11. The Labute approximate surface area is 111 Å². The molecule has 1 aliphatic rings. The van der Waals surface area contributed by atoms with Crippen molar-refractivity contribution >= 4 is 0 Å². The summed E-state index contributed by atoms with van der Waals surface area (Å²) in [4.78, 5) is 0. The van der Waals surface area contributed by atoms with E-state index in [-0.39, 0.29) is 0 Å². The minimum absolute atomic E-state index is 0.518. The van der Waals surface area contributed by atoms with E-state index in [1.54, 1.807) is 12.7 Å². The van der Waals surface area contributed by atoms with Gasteiger partial charge in [-0.15, -0.1) is 0 Å². The molecule has 0 aliphatic heterocycles. The number of methoxy groups -OCH3 is 1. The van der Waals surface area contributed by atoms with Crippen LogP contribution in [-0.4, -0.2) is 26.8 Å². The molecule has 1 aromatic rings. The Bertz CT molecular complexity index is 376. The summed E-state index contributed by atoms with van der Waals surface area (Å²) in [6.45, 7) is 7.36. The number of nitrogens with one attached hydrogen (secondary N) is 1. The molecule has 1 fully saturated rings. The minimum Gasteiger partial charge on any atom is -0.383 e. The van der Waals surface area contributed by atoms with Gasteiger partial charge in [-0.2, -0.15) is 0 Å². The van der Waals surface area contributed by atoms with Gasteiger partial charge in [-0.25, -0.2) is 0 Å². The zero-order chi connectivity index (χ0) is 13.0. The quantitative estimate of drug-likeness (QED) is 0.748. The number of hydrogen-bond donors (Lipinski definition) is 1. The van der Waals surface area contributed by atoms with Crippen molar-refractivity contribution in [3.8, 4) is 0 Å². The molecule has 0 aromatic heterocycles. The SMILES string of the molecule is COCCNCC1(Cc2c(C)cccc2C)CC1. The van der Waals surface area contributed by atoms with E-state index in [1.807, 2.05) is 0 Å². The van der Waals surface area contributed by atoms with Gasteiger partial charge in [-0.3, -0.25) is 0 Å². The highest BCUT2D eigenvalue weighted by atomic mass is 16.5. The lowest BCUT2D eigenvalue weighted by Crippen LogP contribution is -2.28. The second-order valence-electron chi connectivity index (χ2n) is 5.72. The van der Waals surface area contributed by atoms with Crippen molar-refractivity contribution in [3.63, 3.8) is 0 Å². The number of rotatable bonds is 7. The molecule has 1 saturated carbocycles. The van der Waals surface area contributed by atoms with Gasteiger partial charge in [0.05, 0.1) is 6.61 Å². The van der Waals surface area contributed by atoms with Gasteiger partial charge in [0, 0.05) is 20.2 Å². The fourth-order valence-corrected chi connectivity index (χ4v) is 2.62. The second-order valence-corrected chi connectivity index (χ2v) is 5.72. The highest BCUT2D eigenvalue weighted by Crippen LogP contribution is 2.48. The first-order valence-electron chi connectivity index (χ1n) is 6.92. The third-order valence-electron chi connectivity index (χ3n) is 4.14. The maximum absolute atomic E-state index is 5.07. The molecule has 100 valence electrons. The molecule has 18 heavy (non-hydrogen) atoms. The van der Waals surface area contributed by atoms with Gasteiger partial charge in [-0.05, 0) is 55.2 Å². The molecule has 2 heteroatoms. The summed E-state index contributed by atoms with van der Waals surface area (Å²) >= 11 is 0. The Balaban J connectivity index is 1.92. The van der Waals surface area contributed by atoms with Gasteiger partial charge >= 0.3 is 0 Å². The number of benzene rings is 1. The highest BCUT2D eigenvalue weighted by molar-refractivity contribution is 5.35. The van der Waals surface area contributed by atoms with Crippen molar-refractivity contribution in [2.45, 2.75) is 33.1 Å². The van der Waals surface area contributed by atoms with E-state index in [4.69, 9.17) is 4.74 Å². The molecule has 0 saturated heterocycles. The molecule has 0 amide bonds. The largest absolute Gasteiger partial charge is 0.383 e. The van der Waals surface area contributed by atoms with Crippen LogP contribution < -0.4 is 5.32 Å². The summed E-state index contributed by atoms with van der Waals surface area (Å²) in [6, 6.07) is 6.62. The lowest BCUT2D eigenvalue weighted by molar-refractivity contribution is 0.197. The summed E-state index contributed by atoms with van der Waals surface area (Å²) in [5.74, 6) is 0. The zero-order valence-corrected chi connectivity index (χ0v) is 11.9. The fraction of sp³-hybridized carbons (Fsp3) is 0.625. The normalized spacial score (nSPS) is 16.8. The predicted octanol–water partition coefficient (Wildman–Crippen LogP) is 2.86. The van der Waals surface area contributed by atoms with Crippen molar-refractivity contribution in [2.24, 2.45) is 5.41 Å². The monoisotopic (exact) mass is 247 g/mol. The molecular weight excluding hydrogens is 222 g/mol. The first-order valence-corrected chi connectivity index (χ1v) is 6.92. The Morgan fingerprint density at radius 1 is 1.22 bits per heavy atom. The van der Waals surface area contributed by atoms with Crippen LogP contribution in [0, 0.1) is 19.3 Å². The Kier molecular flexibility index (Phi) is 4.41. The Hall–Kier alpha value is -0.860. The molecule has 2 rings (SSSR count). The fourth-order valence-electron chi connectivity index (χ4n) is 2.62. The van der Waals surface area contributed by atoms with Gasteiger partial charge in [0.2, 0.25) is 0 Å². The van der Waals surface area contributed by atoms with E-state index in [0.29, 0.717) is 5.41 Å². The molecular formula is C16H25NO. The van der Waals surface area contributed by atoms with E-state index in [0.717, 1.165) is 19.7 Å². The Morgan fingerprint density at radius 2 is 1.89 bits per heavy atom. The number of hydrogen-bond acceptors (Lipinski definition) is 2. The average molecular weight is 247 g/mol. The smallest absolute Gasteiger partial charge is 0.0587 e. The van der Waals surface area contributed by atoms with E-state index < -0.39 is 0 Å². The van der Waals surface area contributed by atoms with Crippen LogP contribution in [0.1, 0.15) is 29.5 Å². The van der Waals surface area contributed by atoms with Gasteiger partial charge in [-0.1, -0.05) is 18.2 Å². The van der Waals surface area contributed by atoms with Crippen molar-refractivity contribution in [1.29, 1.82) is 0 Å². The predicted molar refractivity (Wildman–Crippen MR) is 76.0 cm³/mol. The maximum Gasteiger partial charge on any atom is 0.0587 e. The highest BCUT2D eigenvalue weighted by Gasteiger charge is 2.42. The third-order valence-corrected chi connectivity index (χ3v) is 4.14. The van der Waals surface area contributed by atoms with Gasteiger partial charge < -0.3 is 10.1 Å². The van der Waals surface area contributed by atoms with Crippen molar-refractivity contribution < 1.29 is 4.74 Å². The van der Waals surface area contributed by atoms with Crippen molar-refractivity contribution in [2.75, 3.05) is 26.8 Å². The summed E-state index contributed by atoms with van der Waals surface area (Å²) in [5.41, 5.74) is 4.96. The molecule has 0 bridgehead atoms. The molecule has 0 heterocycles. The first kappa shape index (κ1) is 13.6.